The van der Waals surface area contributed by atoms with Crippen molar-refractivity contribution in [1.29, 1.82) is 0 Å². The zero-order valence-electron chi connectivity index (χ0n) is 16.0. The fourth-order valence-corrected chi connectivity index (χ4v) is 3.53. The molecule has 1 fully saturated rings. The molecule has 0 unspecified atom stereocenters. The maximum Gasteiger partial charge on any atom is 0.349 e. The predicted molar refractivity (Wildman–Crippen MR) is 110 cm³/mol. The topological polar surface area (TPSA) is 97.4 Å². The van der Waals surface area contributed by atoms with E-state index in [1.54, 1.807) is 40.2 Å². The van der Waals surface area contributed by atoms with Crippen molar-refractivity contribution < 1.29 is 9.21 Å². The number of para-hydroxylation sites is 1. The number of rotatable bonds is 3. The maximum absolute atomic E-state index is 12.9. The van der Waals surface area contributed by atoms with Crippen LogP contribution in [0.15, 0.2) is 70.1 Å². The quantitative estimate of drug-likeness (QED) is 0.482. The van der Waals surface area contributed by atoms with Crippen molar-refractivity contribution in [3.63, 3.8) is 0 Å². The smallest absolute Gasteiger partial charge is 0.349 e. The van der Waals surface area contributed by atoms with Gasteiger partial charge in [-0.1, -0.05) is 18.2 Å². The first-order valence-corrected chi connectivity index (χ1v) is 9.60. The Labute approximate surface area is 171 Å². The van der Waals surface area contributed by atoms with Crippen LogP contribution in [0, 0.1) is 0 Å². The summed E-state index contributed by atoms with van der Waals surface area (Å²) in [6, 6.07) is 14.3. The number of hydrogen-bond acceptors (Lipinski definition) is 7. The molecule has 3 aromatic heterocycles. The van der Waals surface area contributed by atoms with E-state index in [1.807, 2.05) is 30.3 Å². The lowest BCUT2D eigenvalue weighted by Gasteiger charge is -2.35. The molecule has 4 aromatic rings. The van der Waals surface area contributed by atoms with Crippen LogP contribution in [0.1, 0.15) is 10.4 Å². The summed E-state index contributed by atoms with van der Waals surface area (Å²) in [5.74, 6) is 1.07. The van der Waals surface area contributed by atoms with Crippen molar-refractivity contribution in [2.75, 3.05) is 31.1 Å². The summed E-state index contributed by atoms with van der Waals surface area (Å²) >= 11 is 0. The number of carbonyl (C=O) groups excluding carboxylic acids is 1. The highest BCUT2D eigenvalue weighted by Gasteiger charge is 2.25. The Morgan fingerprint density at radius 3 is 2.43 bits per heavy atom. The highest BCUT2D eigenvalue weighted by atomic mass is 16.4. The summed E-state index contributed by atoms with van der Waals surface area (Å²) in [5.41, 5.74) is -0.0762. The fraction of sp³-hybridized carbons (Fsp3) is 0.190. The molecule has 9 heteroatoms. The molecule has 5 rings (SSSR count). The number of aromatic nitrogens is 4. The third-order valence-corrected chi connectivity index (χ3v) is 5.14. The van der Waals surface area contributed by atoms with Crippen LogP contribution in [0.4, 0.5) is 5.82 Å². The number of carbonyl (C=O) groups is 1. The minimum atomic E-state index is -0.610. The predicted octanol–water partition coefficient (Wildman–Crippen LogP) is 1.73. The van der Waals surface area contributed by atoms with Gasteiger partial charge in [0.25, 0.3) is 5.91 Å². The molecule has 1 saturated heterocycles. The maximum atomic E-state index is 12.9. The van der Waals surface area contributed by atoms with E-state index in [0.29, 0.717) is 37.6 Å². The van der Waals surface area contributed by atoms with Gasteiger partial charge >= 0.3 is 5.63 Å². The fourth-order valence-electron chi connectivity index (χ4n) is 3.53. The Kier molecular flexibility index (Phi) is 4.47. The molecule has 9 nitrogen and oxygen atoms in total. The number of amides is 1. The first-order chi connectivity index (χ1) is 14.7. The number of anilines is 1. The molecule has 0 radical (unpaired) electrons. The minimum absolute atomic E-state index is 0.0607. The molecule has 0 bridgehead atoms. The lowest BCUT2D eigenvalue weighted by Crippen LogP contribution is -2.49. The monoisotopic (exact) mass is 402 g/mol. The molecule has 0 atom stereocenters. The van der Waals surface area contributed by atoms with Crippen LogP contribution < -0.4 is 10.5 Å². The number of piperazine rings is 1. The van der Waals surface area contributed by atoms with Gasteiger partial charge < -0.3 is 14.2 Å². The molecule has 0 aliphatic carbocycles. The van der Waals surface area contributed by atoms with Crippen LogP contribution in [-0.2, 0) is 0 Å². The van der Waals surface area contributed by atoms with E-state index in [1.165, 1.54) is 0 Å². The van der Waals surface area contributed by atoms with Crippen molar-refractivity contribution in [2.45, 2.75) is 0 Å². The van der Waals surface area contributed by atoms with E-state index < -0.39 is 5.63 Å². The Morgan fingerprint density at radius 1 is 0.933 bits per heavy atom. The second-order valence-electron chi connectivity index (χ2n) is 6.96. The summed E-state index contributed by atoms with van der Waals surface area (Å²) < 4.78 is 6.94. The second kappa shape index (κ2) is 7.43. The van der Waals surface area contributed by atoms with Crippen LogP contribution >= 0.6 is 0 Å². The zero-order valence-corrected chi connectivity index (χ0v) is 16.0. The molecule has 30 heavy (non-hydrogen) atoms. The number of hydrogen-bond donors (Lipinski definition) is 0. The van der Waals surface area contributed by atoms with Gasteiger partial charge in [-0.15, -0.1) is 10.2 Å². The Morgan fingerprint density at radius 2 is 1.70 bits per heavy atom. The van der Waals surface area contributed by atoms with Gasteiger partial charge in [0.2, 0.25) is 0 Å². The highest BCUT2D eigenvalue weighted by Crippen LogP contribution is 2.17. The average Bonchev–Trinajstić information content (AvgIpc) is 3.33. The van der Waals surface area contributed by atoms with E-state index in [0.717, 1.165) is 11.2 Å². The van der Waals surface area contributed by atoms with Crippen molar-refractivity contribution in [2.24, 2.45) is 0 Å². The molecule has 1 amide bonds. The SMILES string of the molecule is O=C(c1cc2ccccc2oc1=O)N1CCN(c2ccc(-n3cccn3)nn2)CC1. The third-order valence-electron chi connectivity index (χ3n) is 5.14. The van der Waals surface area contributed by atoms with Gasteiger partial charge in [0.05, 0.1) is 0 Å². The normalized spacial score (nSPS) is 14.3. The van der Waals surface area contributed by atoms with E-state index in [-0.39, 0.29) is 11.5 Å². The van der Waals surface area contributed by atoms with Gasteiger partial charge in [-0.2, -0.15) is 5.10 Å². The molecule has 0 spiro atoms. The van der Waals surface area contributed by atoms with Crippen LogP contribution in [0.2, 0.25) is 0 Å². The van der Waals surface area contributed by atoms with Crippen molar-refractivity contribution in [1.82, 2.24) is 24.9 Å². The summed E-state index contributed by atoms with van der Waals surface area (Å²) in [4.78, 5) is 28.9. The summed E-state index contributed by atoms with van der Waals surface area (Å²) in [5, 5.41) is 13.4. The Bertz CT molecular complexity index is 1240. The second-order valence-corrected chi connectivity index (χ2v) is 6.96. The molecular weight excluding hydrogens is 384 g/mol. The number of fused-ring (bicyclic) bond motifs is 1. The van der Waals surface area contributed by atoms with Crippen molar-refractivity contribution >= 4 is 22.7 Å². The van der Waals surface area contributed by atoms with Gasteiger partial charge in [0.1, 0.15) is 11.1 Å². The molecule has 1 aromatic carbocycles. The van der Waals surface area contributed by atoms with Crippen molar-refractivity contribution in [3.05, 3.63) is 76.9 Å². The largest absolute Gasteiger partial charge is 0.422 e. The highest BCUT2D eigenvalue weighted by molar-refractivity contribution is 5.96. The van der Waals surface area contributed by atoms with Crippen molar-refractivity contribution in [3.8, 4) is 5.82 Å². The minimum Gasteiger partial charge on any atom is -0.422 e. The van der Waals surface area contributed by atoms with E-state index >= 15 is 0 Å². The van der Waals surface area contributed by atoms with E-state index in [2.05, 4.69) is 20.2 Å². The summed E-state index contributed by atoms with van der Waals surface area (Å²) in [7, 11) is 0. The number of nitrogens with zero attached hydrogens (tertiary/aromatic N) is 6. The van der Waals surface area contributed by atoms with Gasteiger partial charge in [-0.25, -0.2) is 9.48 Å². The van der Waals surface area contributed by atoms with Crippen LogP contribution in [0.3, 0.4) is 0 Å². The molecule has 4 heterocycles. The summed E-state index contributed by atoms with van der Waals surface area (Å²) in [6.45, 7) is 2.16. The lowest BCUT2D eigenvalue weighted by atomic mass is 10.1. The van der Waals surface area contributed by atoms with Crippen LogP contribution in [0.5, 0.6) is 0 Å². The molecule has 150 valence electrons. The molecule has 0 saturated carbocycles. The third kappa shape index (κ3) is 3.30. The van der Waals surface area contributed by atoms with Crippen LogP contribution in [-0.4, -0.2) is 57.0 Å². The van der Waals surface area contributed by atoms with Gasteiger partial charge in [0.15, 0.2) is 11.6 Å². The lowest BCUT2D eigenvalue weighted by molar-refractivity contribution is 0.0742. The van der Waals surface area contributed by atoms with E-state index in [9.17, 15) is 9.59 Å². The number of benzene rings is 1. The van der Waals surface area contributed by atoms with Gasteiger partial charge in [-0.3, -0.25) is 4.79 Å². The van der Waals surface area contributed by atoms with E-state index in [4.69, 9.17) is 4.42 Å². The standard InChI is InChI=1S/C21H18N6O3/c28-20(16-14-15-4-1-2-5-17(15)30-21(16)29)26-12-10-25(11-13-26)18-6-7-19(24-23-18)27-9-3-8-22-27/h1-9,14H,10-13H2. The van der Waals surface area contributed by atoms with Gasteiger partial charge in [-0.05, 0) is 30.3 Å². The molecule has 1 aliphatic rings. The van der Waals surface area contributed by atoms with Crippen LogP contribution in [0.25, 0.3) is 16.8 Å². The first kappa shape index (κ1) is 18.0. The first-order valence-electron chi connectivity index (χ1n) is 9.60. The Hall–Kier alpha value is -4.01. The summed E-state index contributed by atoms with van der Waals surface area (Å²) in [6.07, 6.45) is 3.49. The van der Waals surface area contributed by atoms with Gasteiger partial charge in [0, 0.05) is 44.0 Å². The zero-order chi connectivity index (χ0) is 20.5. The Balaban J connectivity index is 1.28. The average molecular weight is 402 g/mol. The molecular formula is C21H18N6O3. The molecule has 1 aliphatic heterocycles. The molecule has 0 N–H and O–H groups in total.